The lowest BCUT2D eigenvalue weighted by atomic mass is 9.91. The van der Waals surface area contributed by atoms with Gasteiger partial charge in [-0.2, -0.15) is 0 Å². The van der Waals surface area contributed by atoms with E-state index in [2.05, 4.69) is 25.8 Å². The van der Waals surface area contributed by atoms with Crippen LogP contribution in [0.3, 0.4) is 0 Å². The van der Waals surface area contributed by atoms with Crippen molar-refractivity contribution in [3.8, 4) is 11.5 Å². The number of aliphatic hydroxyl groups is 1. The van der Waals surface area contributed by atoms with Gasteiger partial charge in [0.25, 0.3) is 0 Å². The monoisotopic (exact) mass is 307 g/mol. The molecule has 0 amide bonds. The van der Waals surface area contributed by atoms with Gasteiger partial charge in [0.15, 0.2) is 0 Å². The Kier molecular flexibility index (Phi) is 4.85. The average Bonchev–Trinajstić information content (AvgIpc) is 2.89. The number of hydrogen-bond donors (Lipinski definition) is 1. The molecule has 0 unspecified atom stereocenters. The summed E-state index contributed by atoms with van der Waals surface area (Å²) in [5, 5.41) is 10.3. The summed E-state index contributed by atoms with van der Waals surface area (Å²) in [4.78, 5) is 5.52. The Hall–Kier alpha value is -1.59. The quantitative estimate of drug-likeness (QED) is 0.918. The molecule has 1 aromatic carbocycles. The number of methoxy groups -OCH3 is 1. The molecule has 114 valence electrons. The van der Waals surface area contributed by atoms with Crippen LogP contribution in [-0.2, 0) is 18.6 Å². The number of hydrogen-bond acceptors (Lipinski definition) is 5. The van der Waals surface area contributed by atoms with Gasteiger partial charge in [-0.1, -0.05) is 20.8 Å². The molecule has 0 radical (unpaired) electrons. The maximum atomic E-state index is 9.45. The molecule has 0 fully saturated rings. The van der Waals surface area contributed by atoms with Gasteiger partial charge >= 0.3 is 0 Å². The molecule has 0 bridgehead atoms. The van der Waals surface area contributed by atoms with Crippen LogP contribution in [-0.4, -0.2) is 17.2 Å². The highest BCUT2D eigenvalue weighted by Crippen LogP contribution is 2.30. The Labute approximate surface area is 129 Å². The predicted octanol–water partition coefficient (Wildman–Crippen LogP) is 3.52. The van der Waals surface area contributed by atoms with Crippen LogP contribution in [0, 0.1) is 0 Å². The molecule has 0 aliphatic rings. The van der Waals surface area contributed by atoms with Gasteiger partial charge in [0.2, 0.25) is 0 Å². The van der Waals surface area contributed by atoms with E-state index < -0.39 is 0 Å². The Balaban J connectivity index is 2.07. The molecular formula is C16H21NO3S. The van der Waals surface area contributed by atoms with Crippen LogP contribution < -0.4 is 9.47 Å². The Bertz CT molecular complexity index is 585. The van der Waals surface area contributed by atoms with Gasteiger partial charge in [-0.25, -0.2) is 4.98 Å². The first-order valence-corrected chi connectivity index (χ1v) is 7.62. The third-order valence-corrected chi connectivity index (χ3v) is 4.03. The molecule has 0 saturated heterocycles. The number of aliphatic hydroxyl groups excluding tert-OH is 1. The van der Waals surface area contributed by atoms with Crippen LogP contribution in [0.5, 0.6) is 11.5 Å². The maximum Gasteiger partial charge on any atom is 0.140 e. The molecule has 0 aliphatic carbocycles. The largest absolute Gasteiger partial charge is 0.497 e. The summed E-state index contributed by atoms with van der Waals surface area (Å²) < 4.78 is 10.8. The van der Waals surface area contributed by atoms with E-state index in [0.29, 0.717) is 6.61 Å². The topological polar surface area (TPSA) is 51.6 Å². The fourth-order valence-corrected chi connectivity index (χ4v) is 3.02. The van der Waals surface area contributed by atoms with Crippen LogP contribution >= 0.6 is 11.3 Å². The molecule has 1 heterocycles. The Morgan fingerprint density at radius 2 is 1.76 bits per heavy atom. The van der Waals surface area contributed by atoms with E-state index in [4.69, 9.17) is 9.47 Å². The first kappa shape index (κ1) is 15.8. The predicted molar refractivity (Wildman–Crippen MR) is 84.1 cm³/mol. The van der Waals surface area contributed by atoms with Crippen LogP contribution in [0.25, 0.3) is 0 Å². The van der Waals surface area contributed by atoms with Gasteiger partial charge in [0.1, 0.15) is 23.1 Å². The lowest BCUT2D eigenvalue weighted by molar-refractivity contribution is 0.282. The molecule has 4 nitrogen and oxygen atoms in total. The molecule has 5 heteroatoms. The third-order valence-electron chi connectivity index (χ3n) is 3.02. The number of thiazole rings is 1. The zero-order valence-corrected chi connectivity index (χ0v) is 13.7. The van der Waals surface area contributed by atoms with E-state index in [1.807, 2.05) is 24.3 Å². The van der Waals surface area contributed by atoms with E-state index in [-0.39, 0.29) is 12.0 Å². The average molecular weight is 307 g/mol. The van der Waals surface area contributed by atoms with E-state index in [1.165, 1.54) is 11.3 Å². The molecule has 0 aliphatic heterocycles. The zero-order valence-electron chi connectivity index (χ0n) is 12.8. The summed E-state index contributed by atoms with van der Waals surface area (Å²) in [6, 6.07) is 7.45. The lowest BCUT2D eigenvalue weighted by Crippen LogP contribution is -2.14. The Morgan fingerprint density at radius 3 is 2.24 bits per heavy atom. The first-order valence-electron chi connectivity index (χ1n) is 6.81. The summed E-state index contributed by atoms with van der Waals surface area (Å²) in [6.45, 7) is 6.70. The summed E-state index contributed by atoms with van der Waals surface area (Å²) >= 11 is 1.50. The molecule has 2 rings (SSSR count). The fourth-order valence-electron chi connectivity index (χ4n) is 1.97. The van der Waals surface area contributed by atoms with Gasteiger partial charge in [0.05, 0.1) is 24.3 Å². The second-order valence-corrected chi connectivity index (χ2v) is 6.92. The highest BCUT2D eigenvalue weighted by molar-refractivity contribution is 7.11. The van der Waals surface area contributed by atoms with E-state index in [9.17, 15) is 5.11 Å². The summed E-state index contributed by atoms with van der Waals surface area (Å²) in [7, 11) is 1.63. The van der Waals surface area contributed by atoms with Gasteiger partial charge in [-0.3, -0.25) is 0 Å². The fraction of sp³-hybridized carbons (Fsp3) is 0.438. The standard InChI is InChI=1S/C16H21NO3S/c1-16(2,3)15-13(9-18)21-14(17-15)10-20-12-7-5-11(19-4)6-8-12/h5-8,18H,9-10H2,1-4H3. The number of ether oxygens (including phenoxy) is 2. The van der Waals surface area contributed by atoms with Gasteiger partial charge in [-0.05, 0) is 24.3 Å². The molecule has 1 N–H and O–H groups in total. The number of benzene rings is 1. The molecular weight excluding hydrogens is 286 g/mol. The van der Waals surface area contributed by atoms with Crippen LogP contribution in [0.1, 0.15) is 36.3 Å². The Morgan fingerprint density at radius 1 is 1.14 bits per heavy atom. The second-order valence-electron chi connectivity index (χ2n) is 5.75. The minimum absolute atomic E-state index is 0.0206. The SMILES string of the molecule is COc1ccc(OCc2nc(C(C)(C)C)c(CO)s2)cc1. The van der Waals surface area contributed by atoms with Gasteiger partial charge in [0, 0.05) is 5.41 Å². The van der Waals surface area contributed by atoms with Crippen molar-refractivity contribution in [3.05, 3.63) is 39.8 Å². The van der Waals surface area contributed by atoms with Crippen molar-refractivity contribution >= 4 is 11.3 Å². The minimum atomic E-state index is -0.0765. The van der Waals surface area contributed by atoms with Crippen molar-refractivity contribution in [2.75, 3.05) is 7.11 Å². The normalized spacial score (nSPS) is 11.5. The summed E-state index contributed by atoms with van der Waals surface area (Å²) in [5.41, 5.74) is 0.871. The van der Waals surface area contributed by atoms with Crippen LogP contribution in [0.4, 0.5) is 0 Å². The van der Waals surface area contributed by atoms with Crippen molar-refractivity contribution in [3.63, 3.8) is 0 Å². The van der Waals surface area contributed by atoms with Crippen molar-refractivity contribution in [2.45, 2.75) is 39.4 Å². The summed E-state index contributed by atoms with van der Waals surface area (Å²) in [5.74, 6) is 1.57. The number of rotatable bonds is 5. The van der Waals surface area contributed by atoms with Gasteiger partial charge in [-0.15, -0.1) is 11.3 Å². The highest BCUT2D eigenvalue weighted by Gasteiger charge is 2.22. The third kappa shape index (κ3) is 3.95. The second kappa shape index (κ2) is 6.45. The van der Waals surface area contributed by atoms with Crippen LogP contribution in [0.2, 0.25) is 0 Å². The summed E-state index contributed by atoms with van der Waals surface area (Å²) in [6.07, 6.45) is 0. The van der Waals surface area contributed by atoms with Crippen molar-refractivity contribution in [1.29, 1.82) is 0 Å². The minimum Gasteiger partial charge on any atom is -0.497 e. The maximum absolute atomic E-state index is 9.45. The van der Waals surface area contributed by atoms with Crippen LogP contribution in [0.15, 0.2) is 24.3 Å². The van der Waals surface area contributed by atoms with Crippen molar-refractivity contribution in [1.82, 2.24) is 4.98 Å². The van der Waals surface area contributed by atoms with E-state index in [0.717, 1.165) is 27.1 Å². The molecule has 0 atom stereocenters. The molecule has 2 aromatic rings. The highest BCUT2D eigenvalue weighted by atomic mass is 32.1. The van der Waals surface area contributed by atoms with Gasteiger partial charge < -0.3 is 14.6 Å². The van der Waals surface area contributed by atoms with E-state index in [1.54, 1.807) is 7.11 Å². The lowest BCUT2D eigenvalue weighted by Gasteiger charge is -2.16. The molecule has 0 spiro atoms. The zero-order chi connectivity index (χ0) is 15.5. The molecule has 0 saturated carbocycles. The molecule has 21 heavy (non-hydrogen) atoms. The number of aromatic nitrogens is 1. The van der Waals surface area contributed by atoms with Crippen molar-refractivity contribution in [2.24, 2.45) is 0 Å². The number of nitrogens with zero attached hydrogens (tertiary/aromatic N) is 1. The smallest absolute Gasteiger partial charge is 0.140 e. The molecule has 1 aromatic heterocycles. The van der Waals surface area contributed by atoms with E-state index >= 15 is 0 Å². The first-order chi connectivity index (χ1) is 9.94. The van der Waals surface area contributed by atoms with Crippen molar-refractivity contribution < 1.29 is 14.6 Å².